The van der Waals surface area contributed by atoms with Crippen LogP contribution in [0.1, 0.15) is 13.8 Å². The summed E-state index contributed by atoms with van der Waals surface area (Å²) in [5, 5.41) is 24.2. The van der Waals surface area contributed by atoms with E-state index in [1.54, 1.807) is 42.5 Å². The second-order valence-electron chi connectivity index (χ2n) is 7.57. The molecule has 0 aromatic heterocycles. The number of nitrogens with one attached hydrogen (secondary N) is 5. The smallest absolute Gasteiger partial charge is 0.206 e. The topological polar surface area (TPSA) is 170 Å². The van der Waals surface area contributed by atoms with Gasteiger partial charge in [-0.1, -0.05) is 23.2 Å². The molecule has 0 aliphatic rings. The maximum absolute atomic E-state index is 12.2. The third kappa shape index (κ3) is 8.67. The fraction of sp³-hybridized carbons (Fsp3) is 0.130. The summed E-state index contributed by atoms with van der Waals surface area (Å²) >= 11 is 11.6. The van der Waals surface area contributed by atoms with E-state index >= 15 is 0 Å². The van der Waals surface area contributed by atoms with Gasteiger partial charge in [0.15, 0.2) is 11.9 Å². The molecule has 9 N–H and O–H groups in total. The molecule has 12 heteroatoms. The zero-order chi connectivity index (χ0) is 26.2. The molecule has 0 saturated carbocycles. The molecule has 0 unspecified atom stereocenters. The normalized spacial score (nSPS) is 10.7. The number of nitrogens with two attached hydrogens (primary N) is 2. The van der Waals surface area contributed by atoms with Gasteiger partial charge < -0.3 is 22.1 Å². The second kappa shape index (κ2) is 12.3. The van der Waals surface area contributed by atoms with E-state index in [0.29, 0.717) is 27.1 Å². The SMILES string of the molecule is CC(C)NC(=N)NC(=N)Nc1ccc(Cl)c(Cl)c1.Nc1ccc(S(=O)(=O)c2ccc(N)cc2)cc1. The zero-order valence-electron chi connectivity index (χ0n) is 19.1. The molecular formula is C23H27Cl2N7O2S. The minimum absolute atomic E-state index is 0.0217. The molecule has 0 radical (unpaired) electrons. The predicted octanol–water partition coefficient (Wildman–Crippen LogP) is 4.55. The Morgan fingerprint density at radius 1 is 0.800 bits per heavy atom. The van der Waals surface area contributed by atoms with Crippen LogP contribution in [0.5, 0.6) is 0 Å². The Bertz CT molecular complexity index is 1230. The maximum Gasteiger partial charge on any atom is 0.206 e. The summed E-state index contributed by atoms with van der Waals surface area (Å²) in [6, 6.07) is 17.3. The molecule has 0 spiro atoms. The molecule has 0 aliphatic carbocycles. The average Bonchev–Trinajstić information content (AvgIpc) is 2.76. The molecule has 0 amide bonds. The van der Waals surface area contributed by atoms with Crippen LogP contribution in [0.2, 0.25) is 10.0 Å². The van der Waals surface area contributed by atoms with E-state index in [4.69, 9.17) is 45.5 Å². The van der Waals surface area contributed by atoms with Crippen molar-refractivity contribution < 1.29 is 8.42 Å². The molecule has 3 rings (SSSR count). The number of sulfone groups is 1. The average molecular weight is 536 g/mol. The first-order chi connectivity index (χ1) is 16.4. The lowest BCUT2D eigenvalue weighted by Gasteiger charge is -2.14. The largest absolute Gasteiger partial charge is 0.399 e. The van der Waals surface area contributed by atoms with E-state index in [0.717, 1.165) is 0 Å². The summed E-state index contributed by atoms with van der Waals surface area (Å²) in [5.74, 6) is 0.0362. The second-order valence-corrected chi connectivity index (χ2v) is 10.3. The highest BCUT2D eigenvalue weighted by Gasteiger charge is 2.16. The van der Waals surface area contributed by atoms with Crippen molar-refractivity contribution >= 4 is 62.0 Å². The molecule has 0 saturated heterocycles. The van der Waals surface area contributed by atoms with Gasteiger partial charge in [0, 0.05) is 23.1 Å². The van der Waals surface area contributed by atoms with Gasteiger partial charge in [0.2, 0.25) is 9.84 Å². The Balaban J connectivity index is 0.000000247. The number of halogens is 2. The van der Waals surface area contributed by atoms with Gasteiger partial charge in [-0.2, -0.15) is 0 Å². The number of benzene rings is 3. The van der Waals surface area contributed by atoms with Gasteiger partial charge in [0.1, 0.15) is 0 Å². The predicted molar refractivity (Wildman–Crippen MR) is 144 cm³/mol. The Morgan fingerprint density at radius 3 is 1.71 bits per heavy atom. The quantitative estimate of drug-likeness (QED) is 0.146. The van der Waals surface area contributed by atoms with Gasteiger partial charge in [-0.25, -0.2) is 8.42 Å². The van der Waals surface area contributed by atoms with E-state index in [9.17, 15) is 8.42 Å². The molecule has 186 valence electrons. The van der Waals surface area contributed by atoms with Crippen molar-refractivity contribution in [1.82, 2.24) is 10.6 Å². The molecule has 9 nitrogen and oxygen atoms in total. The standard InChI is InChI=1S/C12H12N2O2S.C11H15Cl2N5/c13-9-1-5-11(6-2-9)17(15,16)12-7-3-10(14)4-8-12;1-6(2)16-10(14)18-11(15)17-7-3-4-8(12)9(13)5-7/h1-8H,13-14H2;3-6H,1-2H3,(H5,14,15,16,17,18). The third-order valence-corrected chi connectivity index (χ3v) is 6.78. The van der Waals surface area contributed by atoms with Gasteiger partial charge in [-0.05, 0) is 80.6 Å². The van der Waals surface area contributed by atoms with E-state index in [1.165, 1.54) is 24.3 Å². The first-order valence-corrected chi connectivity index (χ1v) is 12.5. The molecule has 0 fully saturated rings. The van der Waals surface area contributed by atoms with E-state index in [1.807, 2.05) is 13.8 Å². The molecule has 0 atom stereocenters. The molecule has 3 aromatic carbocycles. The summed E-state index contributed by atoms with van der Waals surface area (Å²) in [5.41, 5.74) is 12.7. The molecule has 3 aromatic rings. The zero-order valence-corrected chi connectivity index (χ0v) is 21.4. The van der Waals surface area contributed by atoms with Crippen LogP contribution in [0.15, 0.2) is 76.5 Å². The summed E-state index contributed by atoms with van der Waals surface area (Å²) in [7, 11) is -3.48. The number of hydrogen-bond acceptors (Lipinski definition) is 6. The van der Waals surface area contributed by atoms with Gasteiger partial charge in [0.05, 0.1) is 19.8 Å². The van der Waals surface area contributed by atoms with Crippen LogP contribution in [-0.4, -0.2) is 26.4 Å². The minimum atomic E-state index is -3.48. The highest BCUT2D eigenvalue weighted by molar-refractivity contribution is 7.91. The van der Waals surface area contributed by atoms with Crippen molar-refractivity contribution in [1.29, 1.82) is 10.8 Å². The van der Waals surface area contributed by atoms with E-state index in [2.05, 4.69) is 16.0 Å². The lowest BCUT2D eigenvalue weighted by atomic mass is 10.3. The Labute approximate surface area is 214 Å². The van der Waals surface area contributed by atoms with E-state index in [-0.39, 0.29) is 27.8 Å². The van der Waals surface area contributed by atoms with Crippen molar-refractivity contribution in [3.8, 4) is 0 Å². The van der Waals surface area contributed by atoms with Crippen LogP contribution >= 0.6 is 23.2 Å². The van der Waals surface area contributed by atoms with Gasteiger partial charge in [-0.15, -0.1) is 0 Å². The number of guanidine groups is 2. The molecule has 0 heterocycles. The molecule has 0 bridgehead atoms. The Morgan fingerprint density at radius 2 is 1.29 bits per heavy atom. The molecule has 35 heavy (non-hydrogen) atoms. The summed E-state index contributed by atoms with van der Waals surface area (Å²) in [4.78, 5) is 0.438. The first kappa shape index (κ1) is 27.8. The lowest BCUT2D eigenvalue weighted by molar-refractivity contribution is 0.596. The first-order valence-electron chi connectivity index (χ1n) is 10.3. The van der Waals surface area contributed by atoms with Crippen molar-refractivity contribution in [3.63, 3.8) is 0 Å². The molecule has 0 aliphatic heterocycles. The monoisotopic (exact) mass is 535 g/mol. The fourth-order valence-electron chi connectivity index (χ4n) is 2.63. The van der Waals surface area contributed by atoms with E-state index < -0.39 is 9.84 Å². The van der Waals surface area contributed by atoms with Crippen molar-refractivity contribution in [2.75, 3.05) is 16.8 Å². The highest BCUT2D eigenvalue weighted by atomic mass is 35.5. The van der Waals surface area contributed by atoms with Crippen molar-refractivity contribution in [3.05, 3.63) is 76.8 Å². The van der Waals surface area contributed by atoms with Crippen molar-refractivity contribution in [2.24, 2.45) is 0 Å². The summed E-state index contributed by atoms with van der Waals surface area (Å²) in [6.07, 6.45) is 0. The number of nitrogen functional groups attached to an aromatic ring is 2. The maximum atomic E-state index is 12.2. The van der Waals surface area contributed by atoms with Gasteiger partial charge in [0.25, 0.3) is 0 Å². The Kier molecular flexibility index (Phi) is 9.76. The minimum Gasteiger partial charge on any atom is -0.399 e. The van der Waals surface area contributed by atoms with Crippen LogP contribution in [0.25, 0.3) is 0 Å². The van der Waals surface area contributed by atoms with Gasteiger partial charge in [-0.3, -0.25) is 16.1 Å². The van der Waals surface area contributed by atoms with Crippen LogP contribution < -0.4 is 27.4 Å². The fourth-order valence-corrected chi connectivity index (χ4v) is 4.19. The molecular weight excluding hydrogens is 509 g/mol. The van der Waals surface area contributed by atoms with Gasteiger partial charge >= 0.3 is 0 Å². The highest BCUT2D eigenvalue weighted by Crippen LogP contribution is 2.25. The van der Waals surface area contributed by atoms with Crippen LogP contribution in [0, 0.1) is 10.8 Å². The van der Waals surface area contributed by atoms with Crippen molar-refractivity contribution in [2.45, 2.75) is 29.7 Å². The number of anilines is 3. The third-order valence-electron chi connectivity index (χ3n) is 4.25. The van der Waals surface area contributed by atoms with Crippen LogP contribution in [0.3, 0.4) is 0 Å². The Hall–Kier alpha value is -3.47. The lowest BCUT2D eigenvalue weighted by Crippen LogP contribution is -2.45. The number of rotatable bonds is 4. The van der Waals surface area contributed by atoms with Crippen LogP contribution in [0.4, 0.5) is 17.1 Å². The van der Waals surface area contributed by atoms with Crippen LogP contribution in [-0.2, 0) is 9.84 Å². The number of hydrogen-bond donors (Lipinski definition) is 7. The summed E-state index contributed by atoms with van der Waals surface area (Å²) in [6.45, 7) is 3.82. The summed E-state index contributed by atoms with van der Waals surface area (Å²) < 4.78 is 24.3.